The molecular formula is C34H36FNO5. The second-order valence-corrected chi connectivity index (χ2v) is 12.5. The number of rotatable bonds is 7. The summed E-state index contributed by atoms with van der Waals surface area (Å²) in [6, 6.07) is 10.8. The number of carbonyl (C=O) groups is 2. The zero-order chi connectivity index (χ0) is 29.1. The third kappa shape index (κ3) is 4.70. The topological polar surface area (TPSA) is 76.1 Å². The minimum Gasteiger partial charge on any atom is -0.497 e. The predicted octanol–water partition coefficient (Wildman–Crippen LogP) is 6.41. The van der Waals surface area contributed by atoms with Crippen molar-refractivity contribution in [3.05, 3.63) is 82.7 Å². The van der Waals surface area contributed by atoms with Gasteiger partial charge in [0.25, 0.3) is 5.91 Å². The molecule has 1 spiro atoms. The van der Waals surface area contributed by atoms with Gasteiger partial charge >= 0.3 is 5.97 Å². The summed E-state index contributed by atoms with van der Waals surface area (Å²) in [5.74, 6) is -1.07. The lowest BCUT2D eigenvalue weighted by molar-refractivity contribution is -0.140. The molecule has 41 heavy (non-hydrogen) atoms. The van der Waals surface area contributed by atoms with Crippen LogP contribution >= 0.6 is 0 Å². The number of ether oxygens (including phenoxy) is 2. The van der Waals surface area contributed by atoms with Gasteiger partial charge in [-0.3, -0.25) is 9.59 Å². The molecule has 0 aromatic heterocycles. The number of fused-ring (bicyclic) bond motifs is 2. The van der Waals surface area contributed by atoms with Gasteiger partial charge < -0.3 is 19.5 Å². The van der Waals surface area contributed by atoms with Gasteiger partial charge in [-0.25, -0.2) is 4.39 Å². The number of nitrogens with zero attached hydrogens (tertiary/aromatic N) is 1. The smallest absolute Gasteiger partial charge is 0.307 e. The lowest BCUT2D eigenvalue weighted by Crippen LogP contribution is -2.44. The fourth-order valence-electron chi connectivity index (χ4n) is 6.97. The number of carboxylic acid groups (broad SMARTS) is 1. The molecule has 3 aliphatic carbocycles. The fourth-order valence-corrected chi connectivity index (χ4v) is 6.97. The molecule has 2 aromatic rings. The van der Waals surface area contributed by atoms with E-state index >= 15 is 4.39 Å². The van der Waals surface area contributed by atoms with Crippen molar-refractivity contribution in [2.24, 2.45) is 16.7 Å². The first-order chi connectivity index (χ1) is 19.5. The van der Waals surface area contributed by atoms with Crippen molar-refractivity contribution in [3.63, 3.8) is 0 Å². The van der Waals surface area contributed by atoms with Crippen molar-refractivity contribution in [1.82, 2.24) is 4.90 Å². The molecule has 2 aromatic carbocycles. The van der Waals surface area contributed by atoms with Gasteiger partial charge in [-0.2, -0.15) is 0 Å². The third-order valence-corrected chi connectivity index (χ3v) is 9.35. The number of hydrogen-bond donors (Lipinski definition) is 1. The summed E-state index contributed by atoms with van der Waals surface area (Å²) in [5, 5.41) is 9.72. The van der Waals surface area contributed by atoms with Gasteiger partial charge in [0.2, 0.25) is 0 Å². The standard InChI is InChI=1S/C34H36FNO5/c1-33(2)13-5-6-27(33)25-14-20(7-10-23(25)26-15-21(40-4)9-12-30(26)35)18-41-22-8-11-24-28(16-22)34(17-29(34)32(38)39)19-36(3)31(24)37/h6-7,9-12,14-16,22,29H,5,8,13,17-19H2,1-4H3,(H,38,39)/t22?,29-,34+/m0/s1. The highest BCUT2D eigenvalue weighted by molar-refractivity contribution is 6.01. The van der Waals surface area contributed by atoms with Gasteiger partial charge in [0.1, 0.15) is 11.6 Å². The van der Waals surface area contributed by atoms with Gasteiger partial charge in [-0.15, -0.1) is 0 Å². The maximum Gasteiger partial charge on any atom is 0.307 e. The molecule has 214 valence electrons. The summed E-state index contributed by atoms with van der Waals surface area (Å²) in [4.78, 5) is 26.3. The maximum absolute atomic E-state index is 15.1. The Morgan fingerprint density at radius 1 is 1.10 bits per heavy atom. The monoisotopic (exact) mass is 557 g/mol. The Hall–Kier alpha value is -3.71. The fraction of sp³-hybridized carbons (Fsp3) is 0.412. The summed E-state index contributed by atoms with van der Waals surface area (Å²) >= 11 is 0. The summed E-state index contributed by atoms with van der Waals surface area (Å²) in [6.07, 6.45) is 8.95. The van der Waals surface area contributed by atoms with E-state index in [1.54, 1.807) is 31.2 Å². The van der Waals surface area contributed by atoms with E-state index in [0.717, 1.165) is 35.1 Å². The van der Waals surface area contributed by atoms with Crippen molar-refractivity contribution in [2.45, 2.75) is 52.2 Å². The lowest BCUT2D eigenvalue weighted by atomic mass is 9.78. The summed E-state index contributed by atoms with van der Waals surface area (Å²) < 4.78 is 26.9. The number of halogens is 1. The van der Waals surface area contributed by atoms with E-state index in [2.05, 4.69) is 26.0 Å². The van der Waals surface area contributed by atoms with E-state index in [0.29, 0.717) is 42.9 Å². The Morgan fingerprint density at radius 2 is 1.90 bits per heavy atom. The average Bonchev–Trinajstić information content (AvgIpc) is 3.57. The van der Waals surface area contributed by atoms with Crippen LogP contribution < -0.4 is 4.74 Å². The Balaban J connectivity index is 1.29. The van der Waals surface area contributed by atoms with E-state index < -0.39 is 17.3 Å². The maximum atomic E-state index is 15.1. The van der Waals surface area contributed by atoms with Gasteiger partial charge in [0.05, 0.1) is 25.7 Å². The average molecular weight is 558 g/mol. The van der Waals surface area contributed by atoms with Crippen molar-refractivity contribution in [2.75, 3.05) is 20.7 Å². The molecule has 7 heteroatoms. The zero-order valence-electron chi connectivity index (χ0n) is 24.0. The van der Waals surface area contributed by atoms with Crippen LogP contribution in [0, 0.1) is 22.6 Å². The molecule has 2 fully saturated rings. The molecule has 1 heterocycles. The van der Waals surface area contributed by atoms with Crippen LogP contribution in [0.25, 0.3) is 16.7 Å². The highest BCUT2D eigenvalue weighted by Gasteiger charge is 2.64. The molecule has 3 atom stereocenters. The summed E-state index contributed by atoms with van der Waals surface area (Å²) in [7, 11) is 3.31. The SMILES string of the molecule is COc1ccc(F)c(-c2ccc(COC3C=C4C(=CC3)C(=O)N(C)C[C@]43C[C@H]3C(=O)O)cc2C2=CCCC2(C)C)c1. The number of carbonyl (C=O) groups excluding carboxylic acids is 1. The van der Waals surface area contributed by atoms with E-state index in [1.165, 1.54) is 11.6 Å². The molecule has 6 rings (SSSR count). The van der Waals surface area contributed by atoms with E-state index in [9.17, 15) is 14.7 Å². The van der Waals surface area contributed by atoms with Crippen LogP contribution in [0.4, 0.5) is 4.39 Å². The van der Waals surface area contributed by atoms with E-state index in [4.69, 9.17) is 9.47 Å². The van der Waals surface area contributed by atoms with Crippen molar-refractivity contribution in [3.8, 4) is 16.9 Å². The number of allylic oxidation sites excluding steroid dienone is 2. The molecule has 1 saturated carbocycles. The Bertz CT molecular complexity index is 1540. The number of aliphatic carboxylic acids is 1. The number of amides is 1. The van der Waals surface area contributed by atoms with E-state index in [1.807, 2.05) is 24.3 Å². The first kappa shape index (κ1) is 27.5. The molecule has 1 unspecified atom stereocenters. The van der Waals surface area contributed by atoms with Crippen molar-refractivity contribution in [1.29, 1.82) is 0 Å². The largest absolute Gasteiger partial charge is 0.497 e. The van der Waals surface area contributed by atoms with Crippen molar-refractivity contribution < 1.29 is 28.6 Å². The van der Waals surface area contributed by atoms with Crippen LogP contribution in [0.5, 0.6) is 5.75 Å². The van der Waals surface area contributed by atoms with Gasteiger partial charge in [0, 0.05) is 30.1 Å². The summed E-state index contributed by atoms with van der Waals surface area (Å²) in [5.41, 5.74) is 5.34. The molecule has 1 aliphatic heterocycles. The number of piperidine rings is 1. The van der Waals surface area contributed by atoms with Gasteiger partial charge in [0.15, 0.2) is 0 Å². The molecule has 1 saturated heterocycles. The first-order valence-electron chi connectivity index (χ1n) is 14.2. The predicted molar refractivity (Wildman–Crippen MR) is 155 cm³/mol. The molecule has 0 bridgehead atoms. The molecule has 1 N–H and O–H groups in total. The molecule has 4 aliphatic rings. The number of methoxy groups -OCH3 is 1. The Kier molecular flexibility index (Phi) is 6.68. The number of carboxylic acids is 1. The lowest BCUT2D eigenvalue weighted by Gasteiger charge is -2.37. The summed E-state index contributed by atoms with van der Waals surface area (Å²) in [6.45, 7) is 5.19. The zero-order valence-corrected chi connectivity index (χ0v) is 24.0. The highest BCUT2D eigenvalue weighted by atomic mass is 19.1. The van der Waals surface area contributed by atoms with Crippen LogP contribution in [0.15, 0.2) is 65.8 Å². The molecule has 0 radical (unpaired) electrons. The number of likely N-dealkylation sites (N-methyl/N-ethyl adjacent to an activating group) is 1. The number of likely N-dealkylation sites (tertiary alicyclic amines) is 1. The van der Waals surface area contributed by atoms with Crippen LogP contribution in [0.3, 0.4) is 0 Å². The van der Waals surface area contributed by atoms with Crippen LogP contribution in [-0.4, -0.2) is 48.7 Å². The second-order valence-electron chi connectivity index (χ2n) is 12.5. The quantitative estimate of drug-likeness (QED) is 0.426. The minimum atomic E-state index is -0.819. The number of benzene rings is 2. The Morgan fingerprint density at radius 3 is 2.59 bits per heavy atom. The van der Waals surface area contributed by atoms with Crippen LogP contribution in [-0.2, 0) is 20.9 Å². The van der Waals surface area contributed by atoms with Gasteiger partial charge in [-0.05, 0) is 83.2 Å². The highest BCUT2D eigenvalue weighted by Crippen LogP contribution is 2.62. The first-order valence-corrected chi connectivity index (χ1v) is 14.2. The minimum absolute atomic E-state index is 0.0432. The van der Waals surface area contributed by atoms with Crippen LogP contribution in [0.1, 0.15) is 50.7 Å². The molecule has 6 nitrogen and oxygen atoms in total. The van der Waals surface area contributed by atoms with E-state index in [-0.39, 0.29) is 23.2 Å². The normalized spacial score (nSPS) is 26.3. The number of hydrogen-bond acceptors (Lipinski definition) is 4. The third-order valence-electron chi connectivity index (χ3n) is 9.35. The van der Waals surface area contributed by atoms with Gasteiger partial charge in [-0.1, -0.05) is 44.2 Å². The van der Waals surface area contributed by atoms with Crippen molar-refractivity contribution >= 4 is 17.4 Å². The second kappa shape index (κ2) is 9.98. The van der Waals surface area contributed by atoms with Crippen LogP contribution in [0.2, 0.25) is 0 Å². The Labute approximate surface area is 240 Å². The molecule has 1 amide bonds. The molecular weight excluding hydrogens is 521 g/mol.